The molecule has 0 aromatic heterocycles. The smallest absolute Gasteiger partial charge is 0.294 e. The molecule has 0 saturated carbocycles. The van der Waals surface area contributed by atoms with Crippen molar-refractivity contribution in [1.29, 1.82) is 0 Å². The van der Waals surface area contributed by atoms with E-state index in [1.54, 1.807) is 12.1 Å². The molecule has 0 radical (unpaired) electrons. The van der Waals surface area contributed by atoms with E-state index in [1.807, 2.05) is 6.92 Å². The molecule has 7 nitrogen and oxygen atoms in total. The van der Waals surface area contributed by atoms with Gasteiger partial charge in [-0.3, -0.25) is 9.35 Å². The van der Waals surface area contributed by atoms with Gasteiger partial charge < -0.3 is 5.73 Å². The molecule has 1 aromatic carbocycles. The van der Waals surface area contributed by atoms with E-state index in [9.17, 15) is 21.6 Å². The first kappa shape index (κ1) is 17.6. The van der Waals surface area contributed by atoms with Crippen LogP contribution in [0.15, 0.2) is 29.2 Å². The van der Waals surface area contributed by atoms with Crippen molar-refractivity contribution in [3.63, 3.8) is 0 Å². The molecule has 1 rings (SSSR count). The van der Waals surface area contributed by atoms with E-state index in [0.717, 1.165) is 11.8 Å². The fourth-order valence-electron chi connectivity index (χ4n) is 0.969. The normalized spacial score (nSPS) is 11.3. The van der Waals surface area contributed by atoms with Gasteiger partial charge in [0.25, 0.3) is 10.1 Å². The lowest BCUT2D eigenvalue weighted by atomic mass is 10.2. The van der Waals surface area contributed by atoms with E-state index < -0.39 is 31.6 Å². The quantitative estimate of drug-likeness (QED) is 0.740. The Morgan fingerprint density at radius 3 is 1.79 bits per heavy atom. The molecule has 3 N–H and O–H groups in total. The van der Waals surface area contributed by atoms with Crippen molar-refractivity contribution in [3.05, 3.63) is 29.8 Å². The van der Waals surface area contributed by atoms with E-state index in [0.29, 0.717) is 0 Å². The van der Waals surface area contributed by atoms with Gasteiger partial charge in [0.15, 0.2) is 9.84 Å². The molecular weight excluding hydrogens is 294 g/mol. The predicted molar refractivity (Wildman–Crippen MR) is 69.9 cm³/mol. The van der Waals surface area contributed by atoms with Gasteiger partial charge in [-0.25, -0.2) is 8.42 Å². The second kappa shape index (κ2) is 6.64. The molecule has 0 aliphatic heterocycles. The second-order valence-electron chi connectivity index (χ2n) is 3.82. The highest BCUT2D eigenvalue weighted by Crippen LogP contribution is 2.08. The lowest BCUT2D eigenvalue weighted by Crippen LogP contribution is -2.21. The zero-order valence-electron chi connectivity index (χ0n) is 10.4. The van der Waals surface area contributed by atoms with Crippen LogP contribution >= 0.6 is 0 Å². The number of carbonyl (C=O) groups is 1. The van der Waals surface area contributed by atoms with Gasteiger partial charge in [0.1, 0.15) is 5.75 Å². The highest BCUT2D eigenvalue weighted by Gasteiger charge is 2.06. The Labute approximate surface area is 112 Å². The molecule has 0 heterocycles. The van der Waals surface area contributed by atoms with Gasteiger partial charge in [-0.05, 0) is 19.1 Å². The molecular formula is C10H15NO6S2. The Bertz CT molecular complexity index is 631. The Kier molecular flexibility index (Phi) is 6.13. The van der Waals surface area contributed by atoms with Gasteiger partial charge in [-0.2, -0.15) is 8.42 Å². The summed E-state index contributed by atoms with van der Waals surface area (Å²) in [6.07, 6.45) is 0.956. The third-order valence-corrected chi connectivity index (χ3v) is 3.40. The number of primary amides is 1. The summed E-state index contributed by atoms with van der Waals surface area (Å²) in [6.45, 7) is 1.84. The molecule has 0 aliphatic carbocycles. The monoisotopic (exact) mass is 309 g/mol. The number of nitrogens with two attached hydrogens (primary N) is 1. The van der Waals surface area contributed by atoms with Gasteiger partial charge in [0.05, 0.1) is 4.90 Å². The second-order valence-corrected chi connectivity index (χ2v) is 7.39. The molecule has 0 atom stereocenters. The first-order chi connectivity index (χ1) is 8.42. The Morgan fingerprint density at radius 2 is 1.58 bits per heavy atom. The first-order valence-electron chi connectivity index (χ1n) is 4.92. The maximum atomic E-state index is 10.5. The molecule has 0 aliphatic rings. The maximum absolute atomic E-state index is 10.5. The van der Waals surface area contributed by atoms with Crippen LogP contribution in [0.25, 0.3) is 0 Å². The van der Waals surface area contributed by atoms with Crippen molar-refractivity contribution in [2.24, 2.45) is 5.73 Å². The Balaban J connectivity index is 0.000000362. The standard InChI is InChI=1S/C7H8O3S.C3H7NO3S/c1-6-2-4-7(5-3-6)11(8,9)10;1-8(6,7)2-3(4)5/h2-5H,1H3,(H,8,9,10);2H2,1H3,(H2,4,5). The highest BCUT2D eigenvalue weighted by atomic mass is 32.2. The maximum Gasteiger partial charge on any atom is 0.294 e. The van der Waals surface area contributed by atoms with E-state index >= 15 is 0 Å². The lowest BCUT2D eigenvalue weighted by Gasteiger charge is -1.95. The zero-order valence-corrected chi connectivity index (χ0v) is 12.0. The molecule has 0 saturated heterocycles. The van der Waals surface area contributed by atoms with Crippen LogP contribution in [0.1, 0.15) is 5.56 Å². The summed E-state index contributed by atoms with van der Waals surface area (Å²) in [5, 5.41) is 0. The SMILES string of the molecule is CS(=O)(=O)CC(N)=O.Cc1ccc(S(=O)(=O)O)cc1. The summed E-state index contributed by atoms with van der Waals surface area (Å²) < 4.78 is 49.8. The van der Waals surface area contributed by atoms with Crippen LogP contribution in [-0.2, 0) is 24.7 Å². The lowest BCUT2D eigenvalue weighted by molar-refractivity contribution is -0.115. The van der Waals surface area contributed by atoms with Crippen LogP contribution in [0.2, 0.25) is 0 Å². The number of amides is 1. The first-order valence-corrected chi connectivity index (χ1v) is 8.42. The van der Waals surface area contributed by atoms with Gasteiger partial charge in [0.2, 0.25) is 5.91 Å². The highest BCUT2D eigenvalue weighted by molar-refractivity contribution is 7.91. The minimum Gasteiger partial charge on any atom is -0.369 e. The van der Waals surface area contributed by atoms with Crippen molar-refractivity contribution in [1.82, 2.24) is 0 Å². The van der Waals surface area contributed by atoms with Gasteiger partial charge in [0, 0.05) is 6.26 Å². The minimum absolute atomic E-state index is 0.0666. The van der Waals surface area contributed by atoms with Gasteiger partial charge in [-0.15, -0.1) is 0 Å². The number of carbonyl (C=O) groups excluding carboxylic acids is 1. The summed E-state index contributed by atoms with van der Waals surface area (Å²) in [4.78, 5) is 9.79. The van der Waals surface area contributed by atoms with Crippen LogP contribution in [0.4, 0.5) is 0 Å². The number of hydrogen-bond acceptors (Lipinski definition) is 5. The fraction of sp³-hybridized carbons (Fsp3) is 0.300. The molecule has 9 heteroatoms. The third kappa shape index (κ3) is 9.17. The van der Waals surface area contributed by atoms with Crippen LogP contribution in [0.5, 0.6) is 0 Å². The molecule has 1 amide bonds. The van der Waals surface area contributed by atoms with Crippen molar-refractivity contribution >= 4 is 25.9 Å². The fourth-order valence-corrected chi connectivity index (χ4v) is 1.97. The van der Waals surface area contributed by atoms with E-state index in [2.05, 4.69) is 5.73 Å². The molecule has 1 aromatic rings. The number of sulfone groups is 1. The largest absolute Gasteiger partial charge is 0.369 e. The van der Waals surface area contributed by atoms with Gasteiger partial charge >= 0.3 is 0 Å². The number of hydrogen-bond donors (Lipinski definition) is 2. The van der Waals surface area contributed by atoms with Crippen LogP contribution in [0, 0.1) is 6.92 Å². The van der Waals surface area contributed by atoms with Crippen LogP contribution < -0.4 is 5.73 Å². The third-order valence-electron chi connectivity index (χ3n) is 1.72. The van der Waals surface area contributed by atoms with E-state index in [-0.39, 0.29) is 4.90 Å². The molecule has 108 valence electrons. The Hall–Kier alpha value is -1.45. The molecule has 0 bridgehead atoms. The Morgan fingerprint density at radius 1 is 1.16 bits per heavy atom. The van der Waals surface area contributed by atoms with Crippen molar-refractivity contribution in [2.75, 3.05) is 12.0 Å². The van der Waals surface area contributed by atoms with Gasteiger partial charge in [-0.1, -0.05) is 17.7 Å². The molecule has 0 spiro atoms. The summed E-state index contributed by atoms with van der Waals surface area (Å²) in [5.74, 6) is -1.38. The predicted octanol–water partition coefficient (Wildman–Crippen LogP) is -0.242. The zero-order chi connectivity index (χ0) is 15.3. The van der Waals surface area contributed by atoms with Crippen molar-refractivity contribution in [2.45, 2.75) is 11.8 Å². The van der Waals surface area contributed by atoms with Crippen molar-refractivity contribution in [3.8, 4) is 0 Å². The van der Waals surface area contributed by atoms with E-state index in [4.69, 9.17) is 4.55 Å². The topological polar surface area (TPSA) is 132 Å². The summed E-state index contributed by atoms with van der Waals surface area (Å²) in [7, 11) is -7.22. The van der Waals surface area contributed by atoms with Crippen LogP contribution in [-0.4, -0.2) is 39.3 Å². The summed E-state index contributed by atoms with van der Waals surface area (Å²) in [6, 6.07) is 5.99. The van der Waals surface area contributed by atoms with Crippen LogP contribution in [0.3, 0.4) is 0 Å². The minimum atomic E-state index is -4.02. The number of rotatable bonds is 3. The van der Waals surface area contributed by atoms with Crippen molar-refractivity contribution < 1.29 is 26.2 Å². The average Bonchev–Trinajstić information content (AvgIpc) is 2.13. The summed E-state index contributed by atoms with van der Waals surface area (Å²) in [5.41, 5.74) is 5.52. The van der Waals surface area contributed by atoms with E-state index in [1.165, 1.54) is 12.1 Å². The summed E-state index contributed by atoms with van der Waals surface area (Å²) >= 11 is 0. The molecule has 19 heavy (non-hydrogen) atoms. The number of benzene rings is 1. The molecule has 0 fully saturated rings. The molecule has 0 unspecified atom stereocenters. The average molecular weight is 309 g/mol. The number of aryl methyl sites for hydroxylation is 1.